The van der Waals surface area contributed by atoms with Gasteiger partial charge in [-0.05, 0) is 50.1 Å². The van der Waals surface area contributed by atoms with Gasteiger partial charge in [0.05, 0.1) is 22.3 Å². The molecular formula is C22H23Cl2N3O4. The standard InChI is InChI=1S/C22H23Cl2N3O4/c1-13-5-6-18(23)21(20(13)24)26-19(28)12-31-22(29)17(11-25)10-16-9-14(2)27(15(16)3)7-8-30-4/h5-6,9-10H,7-8,12H2,1-4H3,(H,26,28)/b17-10+. The SMILES string of the molecule is COCCn1c(C)cc(/C=C(\C#N)C(=O)OCC(=O)Nc2c(Cl)ccc(C)c2Cl)c1C. The van der Waals surface area contributed by atoms with Gasteiger partial charge in [-0.2, -0.15) is 5.26 Å². The van der Waals surface area contributed by atoms with Gasteiger partial charge in [-0.3, -0.25) is 4.79 Å². The largest absolute Gasteiger partial charge is 0.451 e. The zero-order chi connectivity index (χ0) is 23.1. The second kappa shape index (κ2) is 11.0. The number of halogens is 2. The topological polar surface area (TPSA) is 93.3 Å². The van der Waals surface area contributed by atoms with Crippen LogP contribution in [0, 0.1) is 32.1 Å². The molecule has 9 heteroatoms. The first kappa shape index (κ1) is 24.5. The summed E-state index contributed by atoms with van der Waals surface area (Å²) >= 11 is 12.2. The van der Waals surface area contributed by atoms with Gasteiger partial charge in [-0.25, -0.2) is 4.79 Å². The molecule has 1 amide bonds. The van der Waals surface area contributed by atoms with Crippen LogP contribution >= 0.6 is 23.2 Å². The number of ether oxygens (including phenoxy) is 2. The molecule has 0 bridgehead atoms. The van der Waals surface area contributed by atoms with Crippen LogP contribution in [0.5, 0.6) is 0 Å². The number of esters is 1. The van der Waals surface area contributed by atoms with Crippen LogP contribution in [0.25, 0.3) is 6.08 Å². The van der Waals surface area contributed by atoms with Crippen LogP contribution in [0.3, 0.4) is 0 Å². The molecule has 0 spiro atoms. The Morgan fingerprint density at radius 1 is 1.26 bits per heavy atom. The number of aryl methyl sites for hydroxylation is 2. The summed E-state index contributed by atoms with van der Waals surface area (Å²) in [6, 6.07) is 7.01. The van der Waals surface area contributed by atoms with E-state index >= 15 is 0 Å². The lowest BCUT2D eigenvalue weighted by Gasteiger charge is -2.11. The summed E-state index contributed by atoms with van der Waals surface area (Å²) < 4.78 is 12.1. The molecule has 0 radical (unpaired) electrons. The third kappa shape index (κ3) is 6.11. The molecule has 0 aliphatic rings. The van der Waals surface area contributed by atoms with Crippen LogP contribution in [-0.2, 0) is 25.6 Å². The predicted molar refractivity (Wildman–Crippen MR) is 120 cm³/mol. The molecule has 1 heterocycles. The molecule has 1 aromatic heterocycles. The number of aromatic nitrogens is 1. The number of rotatable bonds is 8. The lowest BCUT2D eigenvalue weighted by atomic mass is 10.1. The molecule has 0 fully saturated rings. The number of carbonyl (C=O) groups is 2. The van der Waals surface area contributed by atoms with Crippen LogP contribution in [0.15, 0.2) is 23.8 Å². The molecule has 31 heavy (non-hydrogen) atoms. The maximum Gasteiger partial charge on any atom is 0.349 e. The zero-order valence-electron chi connectivity index (χ0n) is 17.7. The quantitative estimate of drug-likeness (QED) is 0.354. The first-order chi connectivity index (χ1) is 14.7. The summed E-state index contributed by atoms with van der Waals surface area (Å²) in [5.74, 6) is -1.53. The predicted octanol–water partition coefficient (Wildman–Crippen LogP) is 4.46. The average molecular weight is 464 g/mol. The molecule has 0 unspecified atom stereocenters. The van der Waals surface area contributed by atoms with Gasteiger partial charge in [0.25, 0.3) is 5.91 Å². The van der Waals surface area contributed by atoms with Crippen molar-refractivity contribution in [2.24, 2.45) is 0 Å². The molecule has 0 atom stereocenters. The van der Waals surface area contributed by atoms with Crippen LogP contribution < -0.4 is 5.32 Å². The Kier molecular flexibility index (Phi) is 8.69. The Balaban J connectivity index is 2.08. The lowest BCUT2D eigenvalue weighted by Crippen LogP contribution is -2.21. The summed E-state index contributed by atoms with van der Waals surface area (Å²) in [6.07, 6.45) is 1.44. The number of benzene rings is 1. The second-order valence-electron chi connectivity index (χ2n) is 6.82. The number of hydrogen-bond donors (Lipinski definition) is 1. The Morgan fingerprint density at radius 3 is 2.61 bits per heavy atom. The van der Waals surface area contributed by atoms with Crippen LogP contribution in [0.2, 0.25) is 10.0 Å². The zero-order valence-corrected chi connectivity index (χ0v) is 19.2. The lowest BCUT2D eigenvalue weighted by molar-refractivity contribution is -0.142. The fourth-order valence-corrected chi connectivity index (χ4v) is 3.41. The molecule has 0 aliphatic heterocycles. The van der Waals surface area contributed by atoms with Crippen molar-refractivity contribution >= 4 is 46.8 Å². The van der Waals surface area contributed by atoms with Crippen molar-refractivity contribution < 1.29 is 19.1 Å². The van der Waals surface area contributed by atoms with Crippen molar-refractivity contribution in [3.05, 3.63) is 56.3 Å². The highest BCUT2D eigenvalue weighted by Gasteiger charge is 2.17. The molecule has 1 aromatic carbocycles. The Morgan fingerprint density at radius 2 is 1.97 bits per heavy atom. The summed E-state index contributed by atoms with van der Waals surface area (Å²) in [7, 11) is 1.62. The third-order valence-electron chi connectivity index (χ3n) is 4.65. The van der Waals surface area contributed by atoms with E-state index in [1.54, 1.807) is 26.2 Å². The van der Waals surface area contributed by atoms with Gasteiger partial charge in [0.2, 0.25) is 0 Å². The number of amides is 1. The number of anilines is 1. The second-order valence-corrected chi connectivity index (χ2v) is 7.60. The van der Waals surface area contributed by atoms with Crippen molar-refractivity contribution in [3.63, 3.8) is 0 Å². The molecule has 2 aromatic rings. The van der Waals surface area contributed by atoms with Crippen molar-refractivity contribution in [2.45, 2.75) is 27.3 Å². The van der Waals surface area contributed by atoms with Crippen LogP contribution in [-0.4, -0.2) is 36.8 Å². The molecule has 1 N–H and O–H groups in total. The number of nitriles is 1. The van der Waals surface area contributed by atoms with Crippen molar-refractivity contribution in [2.75, 3.05) is 25.6 Å². The van der Waals surface area contributed by atoms with Gasteiger partial charge in [0.15, 0.2) is 6.61 Å². The van der Waals surface area contributed by atoms with Crippen molar-refractivity contribution in [1.29, 1.82) is 5.26 Å². The van der Waals surface area contributed by atoms with Gasteiger partial charge >= 0.3 is 5.97 Å². The van der Waals surface area contributed by atoms with Crippen LogP contribution in [0.4, 0.5) is 5.69 Å². The third-order valence-corrected chi connectivity index (χ3v) is 5.46. The minimum Gasteiger partial charge on any atom is -0.451 e. The number of methoxy groups -OCH3 is 1. The molecule has 2 rings (SSSR count). The van der Waals surface area contributed by atoms with Gasteiger partial charge in [0.1, 0.15) is 11.6 Å². The summed E-state index contributed by atoms with van der Waals surface area (Å²) in [5.41, 5.74) is 3.32. The average Bonchev–Trinajstić information content (AvgIpc) is 3.01. The highest BCUT2D eigenvalue weighted by molar-refractivity contribution is 6.40. The summed E-state index contributed by atoms with van der Waals surface area (Å²) in [6.45, 7) is 6.18. The first-order valence-electron chi connectivity index (χ1n) is 9.38. The maximum absolute atomic E-state index is 12.3. The Hall–Kier alpha value is -2.79. The Bertz CT molecular complexity index is 1070. The van der Waals surface area contributed by atoms with Gasteiger partial charge in [0, 0.05) is 25.0 Å². The minimum atomic E-state index is -0.902. The van der Waals surface area contributed by atoms with E-state index in [1.165, 1.54) is 6.08 Å². The maximum atomic E-state index is 12.3. The van der Waals surface area contributed by atoms with E-state index in [2.05, 4.69) is 5.32 Å². The highest BCUT2D eigenvalue weighted by atomic mass is 35.5. The van der Waals surface area contributed by atoms with Crippen molar-refractivity contribution in [1.82, 2.24) is 4.57 Å². The minimum absolute atomic E-state index is 0.216. The van der Waals surface area contributed by atoms with Gasteiger partial charge < -0.3 is 19.4 Å². The fourth-order valence-electron chi connectivity index (χ4n) is 2.95. The number of nitrogens with one attached hydrogen (secondary N) is 1. The Labute approximate surface area is 191 Å². The monoisotopic (exact) mass is 463 g/mol. The summed E-state index contributed by atoms with van der Waals surface area (Å²) in [4.78, 5) is 24.5. The highest BCUT2D eigenvalue weighted by Crippen LogP contribution is 2.32. The van der Waals surface area contributed by atoms with E-state index in [9.17, 15) is 14.9 Å². The number of nitrogens with zero attached hydrogens (tertiary/aromatic N) is 2. The molecule has 7 nitrogen and oxygen atoms in total. The first-order valence-corrected chi connectivity index (χ1v) is 10.1. The van der Waals surface area contributed by atoms with Gasteiger partial charge in [-0.15, -0.1) is 0 Å². The molecule has 0 saturated heterocycles. The number of hydrogen-bond acceptors (Lipinski definition) is 5. The van der Waals surface area contributed by atoms with E-state index in [0.29, 0.717) is 23.7 Å². The van der Waals surface area contributed by atoms with Crippen LogP contribution in [0.1, 0.15) is 22.5 Å². The van der Waals surface area contributed by atoms with E-state index < -0.39 is 18.5 Å². The van der Waals surface area contributed by atoms with E-state index in [1.807, 2.05) is 30.6 Å². The number of carbonyl (C=O) groups excluding carboxylic acids is 2. The molecule has 0 aliphatic carbocycles. The van der Waals surface area contributed by atoms with E-state index in [4.69, 9.17) is 32.7 Å². The molecule has 164 valence electrons. The smallest absolute Gasteiger partial charge is 0.349 e. The van der Waals surface area contributed by atoms with Crippen molar-refractivity contribution in [3.8, 4) is 6.07 Å². The van der Waals surface area contributed by atoms with Gasteiger partial charge in [-0.1, -0.05) is 29.3 Å². The summed E-state index contributed by atoms with van der Waals surface area (Å²) in [5, 5.41) is 12.5. The molecule has 0 saturated carbocycles. The normalized spacial score (nSPS) is 11.2. The fraction of sp³-hybridized carbons (Fsp3) is 0.318. The van der Waals surface area contributed by atoms with E-state index in [0.717, 1.165) is 17.0 Å². The molecular weight excluding hydrogens is 441 g/mol. The van der Waals surface area contributed by atoms with E-state index in [-0.39, 0.29) is 16.3 Å².